The summed E-state index contributed by atoms with van der Waals surface area (Å²) in [4.78, 5) is 0. The van der Waals surface area contributed by atoms with Crippen molar-refractivity contribution in [2.24, 2.45) is 0 Å². The van der Waals surface area contributed by atoms with E-state index >= 15 is 0 Å². The molecule has 0 radical (unpaired) electrons. The monoisotopic (exact) mass is 271 g/mol. The van der Waals surface area contributed by atoms with Gasteiger partial charge in [-0.2, -0.15) is 0 Å². The Hall–Kier alpha value is -0.410. The van der Waals surface area contributed by atoms with Crippen molar-refractivity contribution < 1.29 is 4.39 Å². The Morgan fingerprint density at radius 2 is 2.00 bits per heavy atom. The lowest BCUT2D eigenvalue weighted by Crippen LogP contribution is -2.25. The Balaban J connectivity index is 1.92. The van der Waals surface area contributed by atoms with Crippen molar-refractivity contribution >= 4 is 15.9 Å². The van der Waals surface area contributed by atoms with Gasteiger partial charge in [0.25, 0.3) is 0 Å². The van der Waals surface area contributed by atoms with Crippen LogP contribution in [0.15, 0.2) is 22.7 Å². The lowest BCUT2D eigenvalue weighted by molar-refractivity contribution is 0.522. The molecule has 0 amide bonds. The van der Waals surface area contributed by atoms with E-state index in [0.29, 0.717) is 6.04 Å². The predicted molar refractivity (Wildman–Crippen MR) is 63.2 cm³/mol. The molecule has 3 heteroatoms. The fraction of sp³-hybridized carbons (Fsp3) is 0.500. The number of benzene rings is 1. The highest BCUT2D eigenvalue weighted by Crippen LogP contribution is 2.19. The normalized spacial score (nSPS) is 17.2. The summed E-state index contributed by atoms with van der Waals surface area (Å²) in [7, 11) is 0. The molecule has 1 N–H and O–H groups in total. The van der Waals surface area contributed by atoms with Crippen LogP contribution >= 0.6 is 15.9 Å². The van der Waals surface area contributed by atoms with E-state index in [2.05, 4.69) is 21.2 Å². The third-order valence-corrected chi connectivity index (χ3v) is 3.33. The molecule has 15 heavy (non-hydrogen) atoms. The fourth-order valence-corrected chi connectivity index (χ4v) is 2.62. The van der Waals surface area contributed by atoms with Crippen LogP contribution in [0.1, 0.15) is 31.2 Å². The van der Waals surface area contributed by atoms with Gasteiger partial charge in [0.1, 0.15) is 5.82 Å². The van der Waals surface area contributed by atoms with E-state index in [0.717, 1.165) is 16.6 Å². The largest absolute Gasteiger partial charge is 0.310 e. The Kier molecular flexibility index (Phi) is 3.76. The van der Waals surface area contributed by atoms with Gasteiger partial charge in [-0.3, -0.25) is 0 Å². The van der Waals surface area contributed by atoms with E-state index in [1.165, 1.54) is 31.7 Å². The third-order valence-electron chi connectivity index (χ3n) is 2.87. The minimum absolute atomic E-state index is 0.174. The topological polar surface area (TPSA) is 12.0 Å². The summed E-state index contributed by atoms with van der Waals surface area (Å²) in [5, 5.41) is 3.46. The molecule has 82 valence electrons. The number of nitrogens with one attached hydrogen (secondary N) is 1. The van der Waals surface area contributed by atoms with Crippen molar-refractivity contribution in [3.8, 4) is 0 Å². The highest BCUT2D eigenvalue weighted by molar-refractivity contribution is 9.10. The average Bonchev–Trinajstić information content (AvgIpc) is 2.65. The molecule has 0 spiro atoms. The molecular formula is C12H15BrFN. The first-order chi connectivity index (χ1) is 7.24. The van der Waals surface area contributed by atoms with Gasteiger partial charge in [0.05, 0.1) is 0 Å². The minimum atomic E-state index is -0.174. The van der Waals surface area contributed by atoms with Crippen LogP contribution in [0.5, 0.6) is 0 Å². The molecular weight excluding hydrogens is 257 g/mol. The lowest BCUT2D eigenvalue weighted by Gasteiger charge is -2.11. The van der Waals surface area contributed by atoms with E-state index < -0.39 is 0 Å². The van der Waals surface area contributed by atoms with Crippen molar-refractivity contribution in [3.63, 3.8) is 0 Å². The molecule has 0 atom stereocenters. The summed E-state index contributed by atoms with van der Waals surface area (Å²) in [6, 6.07) is 5.67. The van der Waals surface area contributed by atoms with E-state index in [1.807, 2.05) is 6.07 Å². The maximum absolute atomic E-state index is 13.1. The van der Waals surface area contributed by atoms with E-state index in [1.54, 1.807) is 6.07 Å². The van der Waals surface area contributed by atoms with Crippen LogP contribution < -0.4 is 5.32 Å². The molecule has 1 aromatic carbocycles. The zero-order chi connectivity index (χ0) is 10.7. The highest BCUT2D eigenvalue weighted by Gasteiger charge is 2.13. The van der Waals surface area contributed by atoms with Gasteiger partial charge >= 0.3 is 0 Å². The minimum Gasteiger partial charge on any atom is -0.310 e. The van der Waals surface area contributed by atoms with Gasteiger partial charge in [-0.05, 0) is 36.6 Å². The molecule has 0 saturated heterocycles. The van der Waals surface area contributed by atoms with Crippen LogP contribution in [0.25, 0.3) is 0 Å². The summed E-state index contributed by atoms with van der Waals surface area (Å²) in [5.74, 6) is -0.174. The molecule has 0 heterocycles. The summed E-state index contributed by atoms with van der Waals surface area (Å²) < 4.78 is 13.9. The van der Waals surface area contributed by atoms with Gasteiger partial charge in [0.2, 0.25) is 0 Å². The molecule has 1 aliphatic carbocycles. The zero-order valence-electron chi connectivity index (χ0n) is 8.60. The lowest BCUT2D eigenvalue weighted by atomic mass is 10.2. The van der Waals surface area contributed by atoms with Gasteiger partial charge in [0, 0.05) is 17.1 Å². The van der Waals surface area contributed by atoms with E-state index in [4.69, 9.17) is 0 Å². The van der Waals surface area contributed by atoms with Crippen LogP contribution in [-0.4, -0.2) is 6.04 Å². The molecule has 0 aromatic heterocycles. The summed E-state index contributed by atoms with van der Waals surface area (Å²) in [5.41, 5.74) is 1.01. The van der Waals surface area contributed by atoms with Crippen molar-refractivity contribution in [2.75, 3.05) is 0 Å². The second-order valence-electron chi connectivity index (χ2n) is 4.14. The van der Waals surface area contributed by atoms with Crippen molar-refractivity contribution in [3.05, 3.63) is 34.1 Å². The first kappa shape index (κ1) is 11.1. The van der Waals surface area contributed by atoms with Crippen LogP contribution in [0.3, 0.4) is 0 Å². The van der Waals surface area contributed by atoms with E-state index in [-0.39, 0.29) is 5.82 Å². The quantitative estimate of drug-likeness (QED) is 0.886. The molecule has 1 nitrogen and oxygen atoms in total. The van der Waals surface area contributed by atoms with Crippen LogP contribution in [0.2, 0.25) is 0 Å². The second kappa shape index (κ2) is 5.08. The Morgan fingerprint density at radius 1 is 1.27 bits per heavy atom. The zero-order valence-corrected chi connectivity index (χ0v) is 10.2. The first-order valence-corrected chi connectivity index (χ1v) is 6.22. The Morgan fingerprint density at radius 3 is 2.67 bits per heavy atom. The van der Waals surface area contributed by atoms with Crippen molar-refractivity contribution in [1.82, 2.24) is 5.32 Å². The number of rotatable bonds is 3. The van der Waals surface area contributed by atoms with Gasteiger partial charge in [0.15, 0.2) is 0 Å². The maximum Gasteiger partial charge on any atom is 0.124 e. The standard InChI is InChI=1S/C12H15BrFN/c13-10-5-9(6-11(14)7-10)8-15-12-3-1-2-4-12/h5-7,12,15H,1-4,8H2. The van der Waals surface area contributed by atoms with Gasteiger partial charge < -0.3 is 5.32 Å². The van der Waals surface area contributed by atoms with Crippen molar-refractivity contribution in [1.29, 1.82) is 0 Å². The molecule has 1 saturated carbocycles. The second-order valence-corrected chi connectivity index (χ2v) is 5.06. The SMILES string of the molecule is Fc1cc(Br)cc(CNC2CCCC2)c1. The predicted octanol–water partition coefficient (Wildman–Crippen LogP) is 3.62. The summed E-state index contributed by atoms with van der Waals surface area (Å²) in [6.07, 6.45) is 5.17. The molecule has 0 bridgehead atoms. The van der Waals surface area contributed by atoms with Gasteiger partial charge in [-0.1, -0.05) is 28.8 Å². The Bertz CT molecular complexity index is 314. The smallest absolute Gasteiger partial charge is 0.124 e. The number of hydrogen-bond donors (Lipinski definition) is 1. The summed E-state index contributed by atoms with van der Waals surface area (Å²) >= 11 is 3.30. The number of hydrogen-bond acceptors (Lipinski definition) is 1. The Labute approximate surface area is 98.2 Å². The molecule has 2 rings (SSSR count). The van der Waals surface area contributed by atoms with Crippen LogP contribution in [-0.2, 0) is 6.54 Å². The first-order valence-electron chi connectivity index (χ1n) is 5.42. The summed E-state index contributed by atoms with van der Waals surface area (Å²) in [6.45, 7) is 0.765. The maximum atomic E-state index is 13.1. The fourth-order valence-electron chi connectivity index (χ4n) is 2.11. The van der Waals surface area contributed by atoms with Crippen LogP contribution in [0.4, 0.5) is 4.39 Å². The average molecular weight is 272 g/mol. The number of halogens is 2. The van der Waals surface area contributed by atoms with Crippen molar-refractivity contribution in [2.45, 2.75) is 38.3 Å². The van der Waals surface area contributed by atoms with Gasteiger partial charge in [-0.25, -0.2) is 4.39 Å². The molecule has 0 unspecified atom stereocenters. The molecule has 1 aromatic rings. The molecule has 1 aliphatic rings. The third kappa shape index (κ3) is 3.28. The van der Waals surface area contributed by atoms with Crippen LogP contribution in [0, 0.1) is 5.82 Å². The van der Waals surface area contributed by atoms with E-state index in [9.17, 15) is 4.39 Å². The van der Waals surface area contributed by atoms with Gasteiger partial charge in [-0.15, -0.1) is 0 Å². The molecule has 1 fully saturated rings. The molecule has 0 aliphatic heterocycles. The highest BCUT2D eigenvalue weighted by atomic mass is 79.9.